The Bertz CT molecular complexity index is 302. The largest absolute Gasteiger partial charge is 0.390 e. The third kappa shape index (κ3) is 3.20. The van der Waals surface area contributed by atoms with Crippen molar-refractivity contribution < 1.29 is 14.6 Å². The minimum absolute atomic E-state index is 0.0729. The van der Waals surface area contributed by atoms with Crippen molar-refractivity contribution in [3.05, 3.63) is 0 Å². The quantitative estimate of drug-likeness (QED) is 0.841. The first-order valence-electron chi connectivity index (χ1n) is 8.68. The lowest BCUT2D eigenvalue weighted by atomic mass is 9.73. The van der Waals surface area contributed by atoms with Crippen molar-refractivity contribution in [2.75, 3.05) is 13.2 Å². The van der Waals surface area contributed by atoms with Gasteiger partial charge in [0.2, 0.25) is 0 Å². The topological polar surface area (TPSA) is 38.7 Å². The van der Waals surface area contributed by atoms with Crippen molar-refractivity contribution in [1.29, 1.82) is 0 Å². The molecule has 0 aromatic heterocycles. The fraction of sp³-hybridized carbons (Fsp3) is 1.00. The third-order valence-corrected chi connectivity index (χ3v) is 5.56. The van der Waals surface area contributed by atoms with E-state index in [4.69, 9.17) is 9.47 Å². The van der Waals surface area contributed by atoms with Gasteiger partial charge < -0.3 is 14.6 Å². The van der Waals surface area contributed by atoms with E-state index in [1.54, 1.807) is 0 Å². The van der Waals surface area contributed by atoms with Crippen LogP contribution in [0.5, 0.6) is 0 Å². The molecule has 20 heavy (non-hydrogen) atoms. The Labute approximate surface area is 123 Å². The van der Waals surface area contributed by atoms with E-state index >= 15 is 0 Å². The summed E-state index contributed by atoms with van der Waals surface area (Å²) in [5.41, 5.74) is 0.0858. The van der Waals surface area contributed by atoms with Crippen molar-refractivity contribution in [2.45, 2.75) is 82.5 Å². The highest BCUT2D eigenvalue weighted by Gasteiger charge is 2.45. The summed E-state index contributed by atoms with van der Waals surface area (Å²) >= 11 is 0. The second kappa shape index (κ2) is 6.33. The number of hydrogen-bond acceptors (Lipinski definition) is 3. The monoisotopic (exact) mass is 282 g/mol. The van der Waals surface area contributed by atoms with Gasteiger partial charge in [-0.15, -0.1) is 0 Å². The van der Waals surface area contributed by atoms with Crippen LogP contribution in [-0.4, -0.2) is 36.1 Å². The van der Waals surface area contributed by atoms with Crippen LogP contribution in [0.3, 0.4) is 0 Å². The van der Waals surface area contributed by atoms with Gasteiger partial charge in [0.15, 0.2) is 0 Å². The van der Waals surface area contributed by atoms with Crippen LogP contribution >= 0.6 is 0 Å². The standard InChI is InChI=1S/C17H30O3/c1-2-19-16(13-6-7-13)15(18)14-8-11-20-17(12-14)9-4-3-5-10-17/h13-16,18H,2-12H2,1H3. The molecular formula is C17H30O3. The van der Waals surface area contributed by atoms with E-state index in [-0.39, 0.29) is 17.8 Å². The lowest BCUT2D eigenvalue weighted by molar-refractivity contribution is -0.153. The average molecular weight is 282 g/mol. The molecule has 3 atom stereocenters. The molecule has 1 aliphatic heterocycles. The highest BCUT2D eigenvalue weighted by molar-refractivity contribution is 4.96. The molecule has 3 heteroatoms. The van der Waals surface area contributed by atoms with E-state index in [9.17, 15) is 5.11 Å². The fourth-order valence-electron chi connectivity index (χ4n) is 4.30. The van der Waals surface area contributed by atoms with Gasteiger partial charge in [0.05, 0.1) is 17.8 Å². The van der Waals surface area contributed by atoms with Gasteiger partial charge in [0.1, 0.15) is 0 Å². The zero-order valence-electron chi connectivity index (χ0n) is 12.9. The summed E-state index contributed by atoms with van der Waals surface area (Å²) in [4.78, 5) is 0. The smallest absolute Gasteiger partial charge is 0.0864 e. The van der Waals surface area contributed by atoms with Crippen LogP contribution in [0.2, 0.25) is 0 Å². The molecule has 0 radical (unpaired) electrons. The predicted octanol–water partition coefficient (Wildman–Crippen LogP) is 3.29. The van der Waals surface area contributed by atoms with Crippen LogP contribution in [0.4, 0.5) is 0 Å². The number of aliphatic hydroxyl groups excluding tert-OH is 1. The molecule has 1 N–H and O–H groups in total. The van der Waals surface area contributed by atoms with Gasteiger partial charge in [-0.25, -0.2) is 0 Å². The Morgan fingerprint density at radius 1 is 1.15 bits per heavy atom. The van der Waals surface area contributed by atoms with Crippen LogP contribution < -0.4 is 0 Å². The highest BCUT2D eigenvalue weighted by atomic mass is 16.5. The van der Waals surface area contributed by atoms with Gasteiger partial charge >= 0.3 is 0 Å². The molecule has 3 nitrogen and oxygen atoms in total. The Morgan fingerprint density at radius 2 is 1.90 bits per heavy atom. The Kier molecular flexibility index (Phi) is 4.68. The van der Waals surface area contributed by atoms with E-state index in [0.717, 1.165) is 19.4 Å². The summed E-state index contributed by atoms with van der Waals surface area (Å²) in [5.74, 6) is 0.981. The molecule has 1 spiro atoms. The number of aliphatic hydroxyl groups is 1. The summed E-state index contributed by atoms with van der Waals surface area (Å²) in [7, 11) is 0. The van der Waals surface area contributed by atoms with Crippen molar-refractivity contribution in [2.24, 2.45) is 11.8 Å². The van der Waals surface area contributed by atoms with Crippen molar-refractivity contribution in [3.8, 4) is 0 Å². The first-order chi connectivity index (χ1) is 9.74. The molecule has 0 bridgehead atoms. The molecule has 116 valence electrons. The van der Waals surface area contributed by atoms with Gasteiger partial charge in [-0.2, -0.15) is 0 Å². The van der Waals surface area contributed by atoms with Crippen molar-refractivity contribution in [1.82, 2.24) is 0 Å². The molecule has 1 saturated heterocycles. The highest BCUT2D eigenvalue weighted by Crippen LogP contribution is 2.44. The van der Waals surface area contributed by atoms with E-state index in [2.05, 4.69) is 0 Å². The van der Waals surface area contributed by atoms with Crippen LogP contribution in [0.25, 0.3) is 0 Å². The maximum Gasteiger partial charge on any atom is 0.0864 e. The van der Waals surface area contributed by atoms with Gasteiger partial charge in [0.25, 0.3) is 0 Å². The molecule has 3 rings (SSSR count). The molecule has 3 unspecified atom stereocenters. The summed E-state index contributed by atoms with van der Waals surface area (Å²) < 4.78 is 12.0. The van der Waals surface area contributed by atoms with E-state index in [1.807, 2.05) is 6.92 Å². The zero-order valence-corrected chi connectivity index (χ0v) is 12.9. The van der Waals surface area contributed by atoms with Crippen molar-refractivity contribution in [3.63, 3.8) is 0 Å². The number of ether oxygens (including phenoxy) is 2. The lowest BCUT2D eigenvalue weighted by Gasteiger charge is -2.45. The first kappa shape index (κ1) is 14.8. The van der Waals surface area contributed by atoms with E-state index < -0.39 is 0 Å². The molecule has 0 aromatic rings. The van der Waals surface area contributed by atoms with Crippen molar-refractivity contribution >= 4 is 0 Å². The Balaban J connectivity index is 1.62. The van der Waals surface area contributed by atoms with Crippen LogP contribution in [0, 0.1) is 11.8 Å². The predicted molar refractivity (Wildman–Crippen MR) is 78.6 cm³/mol. The molecule has 2 saturated carbocycles. The first-order valence-corrected chi connectivity index (χ1v) is 8.68. The second-order valence-electron chi connectivity index (χ2n) is 7.09. The van der Waals surface area contributed by atoms with Crippen LogP contribution in [0.1, 0.15) is 64.7 Å². The van der Waals surface area contributed by atoms with Gasteiger partial charge in [0, 0.05) is 13.2 Å². The number of hydrogen-bond donors (Lipinski definition) is 1. The van der Waals surface area contributed by atoms with E-state index in [1.165, 1.54) is 44.9 Å². The van der Waals surface area contributed by atoms with E-state index in [0.29, 0.717) is 18.4 Å². The molecule has 0 amide bonds. The molecule has 0 aromatic carbocycles. The third-order valence-electron chi connectivity index (χ3n) is 5.56. The molecule has 3 aliphatic rings. The van der Waals surface area contributed by atoms with Gasteiger partial charge in [-0.3, -0.25) is 0 Å². The summed E-state index contributed by atoms with van der Waals surface area (Å²) in [6.45, 7) is 3.58. The minimum atomic E-state index is -0.287. The molecular weight excluding hydrogens is 252 g/mol. The summed E-state index contributed by atoms with van der Waals surface area (Å²) in [6, 6.07) is 0. The second-order valence-corrected chi connectivity index (χ2v) is 7.09. The minimum Gasteiger partial charge on any atom is -0.390 e. The molecule has 1 heterocycles. The maximum absolute atomic E-state index is 10.8. The zero-order chi connectivity index (χ0) is 14.0. The normalized spacial score (nSPS) is 33.0. The summed E-state index contributed by atoms with van der Waals surface area (Å²) in [6.07, 6.45) is 10.6. The maximum atomic E-state index is 10.8. The average Bonchev–Trinajstić information content (AvgIpc) is 3.29. The summed E-state index contributed by atoms with van der Waals surface area (Å²) in [5, 5.41) is 10.8. The number of rotatable bonds is 5. The van der Waals surface area contributed by atoms with Gasteiger partial charge in [-0.1, -0.05) is 19.3 Å². The Morgan fingerprint density at radius 3 is 2.55 bits per heavy atom. The molecule has 3 fully saturated rings. The van der Waals surface area contributed by atoms with Crippen LogP contribution in [-0.2, 0) is 9.47 Å². The van der Waals surface area contributed by atoms with Crippen LogP contribution in [0.15, 0.2) is 0 Å². The lowest BCUT2D eigenvalue weighted by Crippen LogP contribution is -2.47. The Hall–Kier alpha value is -0.120. The molecule has 2 aliphatic carbocycles. The fourth-order valence-corrected chi connectivity index (χ4v) is 4.30. The SMILES string of the molecule is CCOC(C1CC1)C(O)C1CCOC2(CCCCC2)C1. The van der Waals surface area contributed by atoms with Gasteiger partial charge in [-0.05, 0) is 57.3 Å².